The lowest BCUT2D eigenvalue weighted by molar-refractivity contribution is 0.285. The van der Waals surface area contributed by atoms with Crippen LogP contribution in [0, 0.1) is 0 Å². The molecule has 3 rings (SSSR count). The van der Waals surface area contributed by atoms with E-state index in [-0.39, 0.29) is 0 Å². The van der Waals surface area contributed by atoms with E-state index in [1.165, 1.54) is 22.3 Å². The summed E-state index contributed by atoms with van der Waals surface area (Å²) in [6, 6.07) is 17.9. The summed E-state index contributed by atoms with van der Waals surface area (Å²) in [6.07, 6.45) is 0. The van der Waals surface area contributed by atoms with Crippen LogP contribution in [0.2, 0.25) is 0 Å². The van der Waals surface area contributed by atoms with Gasteiger partial charge in [-0.2, -0.15) is 0 Å². The van der Waals surface area contributed by atoms with Gasteiger partial charge in [0.1, 0.15) is 0 Å². The average Bonchev–Trinajstić information content (AvgIpc) is 2.79. The Balaban J connectivity index is 2.04. The molecule has 2 heteroatoms. The van der Waals surface area contributed by atoms with E-state index < -0.39 is 0 Å². The highest BCUT2D eigenvalue weighted by molar-refractivity contribution is 5.78. The number of hydrogen-bond acceptors (Lipinski definition) is 2. The molecule has 0 radical (unpaired) electrons. The predicted molar refractivity (Wildman–Crippen MR) is 80.3 cm³/mol. The van der Waals surface area contributed by atoms with Gasteiger partial charge in [-0.1, -0.05) is 48.5 Å². The van der Waals surface area contributed by atoms with Crippen LogP contribution in [0.1, 0.15) is 17.2 Å². The first kappa shape index (κ1) is 12.4. The molecule has 0 fully saturated rings. The monoisotopic (exact) mass is 252 g/mol. The topological polar surface area (TPSA) is 15.3 Å². The highest BCUT2D eigenvalue weighted by Gasteiger charge is 2.30. The van der Waals surface area contributed by atoms with Crippen molar-refractivity contribution in [2.45, 2.75) is 6.04 Å². The Labute approximate surface area is 115 Å². The predicted octanol–water partition coefficient (Wildman–Crippen LogP) is 2.91. The molecule has 0 unspecified atom stereocenters. The molecule has 0 saturated carbocycles. The Hall–Kier alpha value is -1.64. The van der Waals surface area contributed by atoms with Gasteiger partial charge in [-0.05, 0) is 36.3 Å². The summed E-state index contributed by atoms with van der Waals surface area (Å²) in [5.41, 5.74) is 5.64. The first-order valence-corrected chi connectivity index (χ1v) is 6.86. The van der Waals surface area contributed by atoms with Crippen LogP contribution in [0.5, 0.6) is 0 Å². The van der Waals surface area contributed by atoms with Gasteiger partial charge < -0.3 is 5.32 Å². The van der Waals surface area contributed by atoms with E-state index in [1.54, 1.807) is 0 Å². The van der Waals surface area contributed by atoms with Gasteiger partial charge in [0.15, 0.2) is 0 Å². The smallest absolute Gasteiger partial charge is 0.0611 e. The Morgan fingerprint density at radius 2 is 1.47 bits per heavy atom. The van der Waals surface area contributed by atoms with Crippen LogP contribution in [0.15, 0.2) is 48.5 Å². The molecule has 0 heterocycles. The van der Waals surface area contributed by atoms with Crippen molar-refractivity contribution in [3.05, 3.63) is 59.7 Å². The van der Waals surface area contributed by atoms with Gasteiger partial charge in [0.05, 0.1) is 6.04 Å². The summed E-state index contributed by atoms with van der Waals surface area (Å²) >= 11 is 0. The lowest BCUT2D eigenvalue weighted by Crippen LogP contribution is -2.30. The third kappa shape index (κ3) is 2.07. The molecule has 0 spiro atoms. The van der Waals surface area contributed by atoms with Gasteiger partial charge in [0.25, 0.3) is 0 Å². The molecule has 0 amide bonds. The summed E-state index contributed by atoms with van der Waals surface area (Å²) in [4.78, 5) is 2.43. The van der Waals surface area contributed by atoms with E-state index in [2.05, 4.69) is 65.8 Å². The van der Waals surface area contributed by atoms with Gasteiger partial charge in [-0.3, -0.25) is 4.90 Å². The van der Waals surface area contributed by atoms with Crippen LogP contribution in [-0.2, 0) is 0 Å². The molecule has 0 saturated heterocycles. The molecule has 0 atom stereocenters. The van der Waals surface area contributed by atoms with Gasteiger partial charge in [-0.25, -0.2) is 0 Å². The van der Waals surface area contributed by atoms with Crippen molar-refractivity contribution in [3.63, 3.8) is 0 Å². The minimum atomic E-state index is 0.390. The van der Waals surface area contributed by atoms with Crippen LogP contribution in [-0.4, -0.2) is 32.1 Å². The maximum absolute atomic E-state index is 3.23. The normalized spacial score (nSPS) is 13.6. The first-order chi connectivity index (χ1) is 9.33. The second kappa shape index (κ2) is 5.16. The van der Waals surface area contributed by atoms with Crippen molar-refractivity contribution in [1.29, 1.82) is 0 Å². The van der Waals surface area contributed by atoms with Crippen molar-refractivity contribution < 1.29 is 0 Å². The fourth-order valence-electron chi connectivity index (χ4n) is 3.02. The van der Waals surface area contributed by atoms with Crippen molar-refractivity contribution in [3.8, 4) is 11.1 Å². The maximum atomic E-state index is 3.23. The van der Waals surface area contributed by atoms with E-state index >= 15 is 0 Å². The Kier molecular flexibility index (Phi) is 3.36. The third-order valence-electron chi connectivity index (χ3n) is 3.96. The molecule has 1 N–H and O–H groups in total. The molecule has 1 aliphatic carbocycles. The molecule has 2 aromatic rings. The number of rotatable bonds is 4. The second-order valence-electron chi connectivity index (χ2n) is 5.16. The van der Waals surface area contributed by atoms with Crippen LogP contribution in [0.4, 0.5) is 0 Å². The van der Waals surface area contributed by atoms with Gasteiger partial charge in [-0.15, -0.1) is 0 Å². The molecule has 0 aliphatic heterocycles. The van der Waals surface area contributed by atoms with Gasteiger partial charge in [0.2, 0.25) is 0 Å². The molecule has 0 aromatic heterocycles. The molecule has 2 aromatic carbocycles. The average molecular weight is 252 g/mol. The number of fused-ring (bicyclic) bond motifs is 3. The Bertz CT molecular complexity index is 531. The number of benzene rings is 2. The van der Waals surface area contributed by atoms with E-state index in [4.69, 9.17) is 0 Å². The molecule has 19 heavy (non-hydrogen) atoms. The van der Waals surface area contributed by atoms with Crippen LogP contribution in [0.3, 0.4) is 0 Å². The molecular weight excluding hydrogens is 232 g/mol. The largest absolute Gasteiger partial charge is 0.318 e. The Morgan fingerprint density at radius 1 is 0.947 bits per heavy atom. The summed E-state index contributed by atoms with van der Waals surface area (Å²) in [7, 11) is 4.21. The van der Waals surface area contributed by atoms with Crippen molar-refractivity contribution in [1.82, 2.24) is 10.2 Å². The van der Waals surface area contributed by atoms with Crippen LogP contribution in [0.25, 0.3) is 11.1 Å². The number of hydrogen-bond donors (Lipinski definition) is 1. The first-order valence-electron chi connectivity index (χ1n) is 6.86. The van der Waals surface area contributed by atoms with Crippen molar-refractivity contribution in [2.75, 3.05) is 27.2 Å². The highest BCUT2D eigenvalue weighted by atomic mass is 15.1. The lowest BCUT2D eigenvalue weighted by atomic mass is 10.0. The summed E-state index contributed by atoms with van der Waals surface area (Å²) in [6.45, 7) is 2.06. The minimum absolute atomic E-state index is 0.390. The van der Waals surface area contributed by atoms with E-state index in [0.29, 0.717) is 6.04 Å². The highest BCUT2D eigenvalue weighted by Crippen LogP contribution is 2.45. The maximum Gasteiger partial charge on any atom is 0.0611 e. The van der Waals surface area contributed by atoms with Gasteiger partial charge in [0, 0.05) is 13.1 Å². The van der Waals surface area contributed by atoms with Crippen LogP contribution >= 0.6 is 0 Å². The third-order valence-corrected chi connectivity index (χ3v) is 3.96. The molecule has 2 nitrogen and oxygen atoms in total. The lowest BCUT2D eigenvalue weighted by Gasteiger charge is -2.26. The second-order valence-corrected chi connectivity index (χ2v) is 5.16. The zero-order valence-electron chi connectivity index (χ0n) is 11.6. The number of nitrogens with one attached hydrogen (secondary N) is 1. The number of likely N-dealkylation sites (N-methyl/N-ethyl adjacent to an activating group) is 2. The summed E-state index contributed by atoms with van der Waals surface area (Å²) in [5, 5.41) is 3.23. The molecule has 1 aliphatic rings. The minimum Gasteiger partial charge on any atom is -0.318 e. The fourth-order valence-corrected chi connectivity index (χ4v) is 3.02. The molecule has 98 valence electrons. The van der Waals surface area contributed by atoms with Crippen LogP contribution < -0.4 is 5.32 Å². The quantitative estimate of drug-likeness (QED) is 0.900. The molecule has 0 bridgehead atoms. The van der Waals surface area contributed by atoms with E-state index in [9.17, 15) is 0 Å². The van der Waals surface area contributed by atoms with Gasteiger partial charge >= 0.3 is 0 Å². The summed E-state index contributed by atoms with van der Waals surface area (Å²) in [5.74, 6) is 0. The fraction of sp³-hybridized carbons (Fsp3) is 0.294. The standard InChI is InChI=1S/C17H20N2/c1-18-11-12-19(2)17-15-9-5-3-7-13(15)14-8-4-6-10-16(14)17/h3-10,17-18H,11-12H2,1-2H3. The molecular formula is C17H20N2. The SMILES string of the molecule is CNCCN(C)C1c2ccccc2-c2ccccc21. The number of nitrogens with zero attached hydrogens (tertiary/aromatic N) is 1. The summed E-state index contributed by atoms with van der Waals surface area (Å²) < 4.78 is 0. The Morgan fingerprint density at radius 3 is 2.00 bits per heavy atom. The van der Waals surface area contributed by atoms with E-state index in [1.807, 2.05) is 7.05 Å². The zero-order chi connectivity index (χ0) is 13.2. The van der Waals surface area contributed by atoms with E-state index in [0.717, 1.165) is 13.1 Å². The van der Waals surface area contributed by atoms with Crippen molar-refractivity contribution in [2.24, 2.45) is 0 Å². The van der Waals surface area contributed by atoms with Crippen molar-refractivity contribution >= 4 is 0 Å². The zero-order valence-corrected chi connectivity index (χ0v) is 11.6.